The molecule has 3 rings (SSSR count). The number of fused-ring (bicyclic) bond motifs is 1. The molecule has 0 spiro atoms. The second kappa shape index (κ2) is 3.91. The van der Waals surface area contributed by atoms with Gasteiger partial charge < -0.3 is 5.73 Å². The van der Waals surface area contributed by atoms with E-state index >= 15 is 0 Å². The molecule has 0 saturated carbocycles. The average Bonchev–Trinajstić information content (AvgIpc) is 2.75. The van der Waals surface area contributed by atoms with Crippen molar-refractivity contribution in [3.8, 4) is 11.3 Å². The Morgan fingerprint density at radius 1 is 1.12 bits per heavy atom. The summed E-state index contributed by atoms with van der Waals surface area (Å²) in [5.74, 6) is 0. The lowest BCUT2D eigenvalue weighted by atomic mass is 9.90. The fourth-order valence-electron chi connectivity index (χ4n) is 2.35. The lowest BCUT2D eigenvalue weighted by molar-refractivity contribution is 0.686. The fraction of sp³-hybridized carbons (Fsp3) is 0.308. The van der Waals surface area contributed by atoms with Crippen LogP contribution >= 0.6 is 11.3 Å². The van der Waals surface area contributed by atoms with Gasteiger partial charge in [0.1, 0.15) is 10.7 Å². The molecule has 2 nitrogen and oxygen atoms in total. The molecule has 0 fully saturated rings. The van der Waals surface area contributed by atoms with Gasteiger partial charge >= 0.3 is 0 Å². The van der Waals surface area contributed by atoms with Gasteiger partial charge in [-0.1, -0.05) is 12.1 Å². The van der Waals surface area contributed by atoms with Crippen molar-refractivity contribution in [1.82, 2.24) is 4.98 Å². The predicted octanol–water partition coefficient (Wildman–Crippen LogP) is 3.27. The second-order valence-corrected chi connectivity index (χ2v) is 5.14. The summed E-state index contributed by atoms with van der Waals surface area (Å²) in [5.41, 5.74) is 12.8. The Balaban J connectivity index is 2.06. The van der Waals surface area contributed by atoms with Gasteiger partial charge in [0.25, 0.3) is 0 Å². The van der Waals surface area contributed by atoms with Crippen LogP contribution in [-0.4, -0.2) is 4.98 Å². The van der Waals surface area contributed by atoms with Crippen molar-refractivity contribution in [2.75, 3.05) is 5.73 Å². The molecular weight excluding hydrogens is 216 g/mol. The van der Waals surface area contributed by atoms with E-state index in [2.05, 4.69) is 23.2 Å². The first-order chi connectivity index (χ1) is 7.84. The zero-order valence-corrected chi connectivity index (χ0v) is 9.89. The van der Waals surface area contributed by atoms with E-state index in [4.69, 9.17) is 5.73 Å². The number of nitrogen functional groups attached to an aromatic ring is 1. The maximum Gasteiger partial charge on any atom is 0.114 e. The molecule has 0 aliphatic heterocycles. The highest BCUT2D eigenvalue weighted by Crippen LogP contribution is 2.31. The third-order valence-corrected chi connectivity index (χ3v) is 3.87. The minimum Gasteiger partial charge on any atom is -0.389 e. The predicted molar refractivity (Wildman–Crippen MR) is 68.6 cm³/mol. The van der Waals surface area contributed by atoms with E-state index in [0.717, 1.165) is 10.7 Å². The van der Waals surface area contributed by atoms with Gasteiger partial charge in [-0.3, -0.25) is 0 Å². The molecular formula is C13H14N2S. The number of aryl methyl sites for hydroxylation is 2. The number of thiazole rings is 1. The maximum absolute atomic E-state index is 5.90. The molecule has 0 amide bonds. The lowest BCUT2D eigenvalue weighted by Crippen LogP contribution is -2.02. The molecule has 3 heteroatoms. The van der Waals surface area contributed by atoms with Crippen molar-refractivity contribution in [3.63, 3.8) is 0 Å². The fourth-order valence-corrected chi connectivity index (χ4v) is 2.91. The van der Waals surface area contributed by atoms with Crippen molar-refractivity contribution in [2.24, 2.45) is 0 Å². The number of benzene rings is 1. The maximum atomic E-state index is 5.90. The normalized spacial score (nSPS) is 14.8. The Hall–Kier alpha value is -1.35. The molecule has 1 heterocycles. The molecule has 2 aromatic rings. The quantitative estimate of drug-likeness (QED) is 0.816. The lowest BCUT2D eigenvalue weighted by Gasteiger charge is -2.16. The summed E-state index contributed by atoms with van der Waals surface area (Å²) in [7, 11) is 0. The highest BCUT2D eigenvalue weighted by atomic mass is 32.1. The van der Waals surface area contributed by atoms with E-state index in [1.807, 2.05) is 5.51 Å². The van der Waals surface area contributed by atoms with Crippen molar-refractivity contribution in [1.29, 1.82) is 0 Å². The molecule has 0 atom stereocenters. The van der Waals surface area contributed by atoms with Gasteiger partial charge in [-0.2, -0.15) is 0 Å². The molecule has 1 aliphatic rings. The van der Waals surface area contributed by atoms with Crippen molar-refractivity contribution in [3.05, 3.63) is 34.8 Å². The minimum absolute atomic E-state index is 0.816. The third kappa shape index (κ3) is 1.61. The first-order valence-corrected chi connectivity index (χ1v) is 6.54. The Morgan fingerprint density at radius 3 is 2.69 bits per heavy atom. The van der Waals surface area contributed by atoms with Crippen LogP contribution in [0, 0.1) is 0 Å². The minimum atomic E-state index is 0.816. The molecule has 0 saturated heterocycles. The number of rotatable bonds is 1. The molecule has 0 unspecified atom stereocenters. The van der Waals surface area contributed by atoms with E-state index in [9.17, 15) is 0 Å². The number of nitrogens with zero attached hydrogens (tertiary/aromatic N) is 1. The van der Waals surface area contributed by atoms with Gasteiger partial charge in [-0.05, 0) is 42.9 Å². The largest absolute Gasteiger partial charge is 0.389 e. The Kier molecular flexibility index (Phi) is 2.40. The van der Waals surface area contributed by atoms with E-state index < -0.39 is 0 Å². The van der Waals surface area contributed by atoms with Gasteiger partial charge in [0.15, 0.2) is 0 Å². The molecule has 1 aliphatic carbocycles. The van der Waals surface area contributed by atoms with Crippen molar-refractivity contribution in [2.45, 2.75) is 25.7 Å². The number of hydrogen-bond acceptors (Lipinski definition) is 3. The van der Waals surface area contributed by atoms with Gasteiger partial charge in [-0.25, -0.2) is 4.98 Å². The molecule has 0 radical (unpaired) electrons. The highest BCUT2D eigenvalue weighted by molar-refractivity contribution is 7.14. The van der Waals surface area contributed by atoms with Crippen molar-refractivity contribution < 1.29 is 0 Å². The van der Waals surface area contributed by atoms with E-state index in [0.29, 0.717) is 0 Å². The first kappa shape index (κ1) is 9.85. The van der Waals surface area contributed by atoms with Crippen LogP contribution in [0.15, 0.2) is 23.7 Å². The number of anilines is 1. The van der Waals surface area contributed by atoms with Crippen LogP contribution in [0.4, 0.5) is 5.00 Å². The van der Waals surface area contributed by atoms with Crippen LogP contribution < -0.4 is 5.73 Å². The molecule has 0 bridgehead atoms. The molecule has 82 valence electrons. The Labute approximate surface area is 99.1 Å². The summed E-state index contributed by atoms with van der Waals surface area (Å²) < 4.78 is 0. The SMILES string of the molecule is Nc1scnc1-c1ccc2c(c1)CCCC2. The average molecular weight is 230 g/mol. The van der Waals surface area contributed by atoms with Crippen LogP contribution in [0.3, 0.4) is 0 Å². The zero-order valence-electron chi connectivity index (χ0n) is 9.07. The van der Waals surface area contributed by atoms with Crippen LogP contribution in [0.25, 0.3) is 11.3 Å². The number of nitrogens with two attached hydrogens (primary N) is 1. The van der Waals surface area contributed by atoms with Gasteiger partial charge in [-0.15, -0.1) is 11.3 Å². The third-order valence-electron chi connectivity index (χ3n) is 3.22. The summed E-state index contributed by atoms with van der Waals surface area (Å²) in [6, 6.07) is 6.65. The van der Waals surface area contributed by atoms with Gasteiger partial charge in [0.05, 0.1) is 5.51 Å². The van der Waals surface area contributed by atoms with Gasteiger partial charge in [0.2, 0.25) is 0 Å². The Bertz CT molecular complexity index is 516. The molecule has 2 N–H and O–H groups in total. The smallest absolute Gasteiger partial charge is 0.114 e. The zero-order chi connectivity index (χ0) is 11.0. The van der Waals surface area contributed by atoms with Crippen molar-refractivity contribution >= 4 is 16.3 Å². The van der Waals surface area contributed by atoms with Crippen LogP contribution in [0.2, 0.25) is 0 Å². The monoisotopic (exact) mass is 230 g/mol. The van der Waals surface area contributed by atoms with Crippen LogP contribution in [-0.2, 0) is 12.8 Å². The summed E-state index contributed by atoms with van der Waals surface area (Å²) in [6.07, 6.45) is 5.06. The Morgan fingerprint density at radius 2 is 1.94 bits per heavy atom. The number of aromatic nitrogens is 1. The second-order valence-electron chi connectivity index (χ2n) is 4.26. The van der Waals surface area contributed by atoms with Crippen LogP contribution in [0.5, 0.6) is 0 Å². The summed E-state index contributed by atoms with van der Waals surface area (Å²) in [6.45, 7) is 0. The highest BCUT2D eigenvalue weighted by Gasteiger charge is 2.12. The number of hydrogen-bond donors (Lipinski definition) is 1. The van der Waals surface area contributed by atoms with Crippen LogP contribution in [0.1, 0.15) is 24.0 Å². The molecule has 1 aromatic carbocycles. The summed E-state index contributed by atoms with van der Waals surface area (Å²) in [5, 5.41) is 0.816. The molecule has 1 aromatic heterocycles. The summed E-state index contributed by atoms with van der Waals surface area (Å²) >= 11 is 1.50. The van der Waals surface area contributed by atoms with E-state index in [1.54, 1.807) is 0 Å². The topological polar surface area (TPSA) is 38.9 Å². The van der Waals surface area contributed by atoms with Gasteiger partial charge in [0, 0.05) is 5.56 Å². The van der Waals surface area contributed by atoms with E-state index in [-0.39, 0.29) is 0 Å². The summed E-state index contributed by atoms with van der Waals surface area (Å²) in [4.78, 5) is 4.33. The molecule has 16 heavy (non-hydrogen) atoms. The van der Waals surface area contributed by atoms with E-state index in [1.165, 1.54) is 53.7 Å². The standard InChI is InChI=1S/C13H14N2S/c14-13-12(15-8-16-13)11-6-5-9-3-1-2-4-10(9)7-11/h5-8H,1-4,14H2. The first-order valence-electron chi connectivity index (χ1n) is 5.66.